The van der Waals surface area contributed by atoms with Gasteiger partial charge in [0.25, 0.3) is 5.56 Å². The standard InChI is InChI=1S/C19H20N2O3/c1-2-14-7-9-16(10-8-14)24-12-15(22)11-21-13-20-18-6-4-3-5-17(18)19(21)23/h3-10,13,15,22H,2,11-12H2,1H3. The van der Waals surface area contributed by atoms with Crippen molar-refractivity contribution < 1.29 is 9.84 Å². The van der Waals surface area contributed by atoms with Gasteiger partial charge in [0.2, 0.25) is 0 Å². The lowest BCUT2D eigenvalue weighted by molar-refractivity contribution is 0.0915. The molecule has 0 amide bonds. The molecule has 0 saturated heterocycles. The minimum atomic E-state index is -0.795. The Morgan fingerprint density at radius 2 is 1.92 bits per heavy atom. The Balaban J connectivity index is 1.65. The topological polar surface area (TPSA) is 64.3 Å². The van der Waals surface area contributed by atoms with E-state index in [1.54, 1.807) is 18.2 Å². The van der Waals surface area contributed by atoms with Crippen LogP contribution in [0.15, 0.2) is 59.7 Å². The van der Waals surface area contributed by atoms with Crippen molar-refractivity contribution in [3.05, 3.63) is 70.8 Å². The highest BCUT2D eigenvalue weighted by molar-refractivity contribution is 5.76. The third kappa shape index (κ3) is 3.63. The molecule has 0 aliphatic rings. The van der Waals surface area contributed by atoms with Gasteiger partial charge in [-0.2, -0.15) is 0 Å². The molecule has 3 aromatic rings. The average molecular weight is 324 g/mol. The maximum atomic E-state index is 12.4. The van der Waals surface area contributed by atoms with Crippen LogP contribution in [0.25, 0.3) is 10.9 Å². The third-order valence-electron chi connectivity index (χ3n) is 3.91. The lowest BCUT2D eigenvalue weighted by atomic mass is 10.2. The number of benzene rings is 2. The zero-order valence-corrected chi connectivity index (χ0v) is 13.6. The maximum absolute atomic E-state index is 12.4. The number of aliphatic hydroxyl groups excluding tert-OH is 1. The van der Waals surface area contributed by atoms with Crippen LogP contribution in [0.3, 0.4) is 0 Å². The first-order valence-electron chi connectivity index (χ1n) is 8.01. The molecule has 0 bridgehead atoms. The van der Waals surface area contributed by atoms with Crippen molar-refractivity contribution in [1.82, 2.24) is 9.55 Å². The predicted octanol–water partition coefficient (Wildman–Crippen LogP) is 2.40. The molecule has 0 fully saturated rings. The lowest BCUT2D eigenvalue weighted by Crippen LogP contribution is -2.30. The Kier molecular flexibility index (Phi) is 4.91. The number of ether oxygens (including phenoxy) is 1. The average Bonchev–Trinajstić information content (AvgIpc) is 2.63. The minimum absolute atomic E-state index is 0.116. The highest BCUT2D eigenvalue weighted by Gasteiger charge is 2.10. The summed E-state index contributed by atoms with van der Waals surface area (Å²) in [6.45, 7) is 2.35. The van der Waals surface area contributed by atoms with Gasteiger partial charge in [0, 0.05) is 0 Å². The number of nitrogens with zero attached hydrogens (tertiary/aromatic N) is 2. The van der Waals surface area contributed by atoms with Crippen LogP contribution >= 0.6 is 0 Å². The zero-order valence-electron chi connectivity index (χ0n) is 13.6. The molecule has 24 heavy (non-hydrogen) atoms. The molecule has 3 rings (SSSR count). The normalized spacial score (nSPS) is 12.2. The summed E-state index contributed by atoms with van der Waals surface area (Å²) < 4.78 is 6.99. The number of hydrogen-bond acceptors (Lipinski definition) is 4. The van der Waals surface area contributed by atoms with Crippen molar-refractivity contribution in [1.29, 1.82) is 0 Å². The molecule has 0 spiro atoms. The van der Waals surface area contributed by atoms with Gasteiger partial charge in [-0.25, -0.2) is 4.98 Å². The number of fused-ring (bicyclic) bond motifs is 1. The Morgan fingerprint density at radius 1 is 1.17 bits per heavy atom. The highest BCUT2D eigenvalue weighted by Crippen LogP contribution is 2.13. The van der Waals surface area contributed by atoms with E-state index in [-0.39, 0.29) is 18.7 Å². The molecule has 5 heteroatoms. The minimum Gasteiger partial charge on any atom is -0.491 e. The van der Waals surface area contributed by atoms with Gasteiger partial charge in [-0.05, 0) is 36.2 Å². The molecule has 0 saturated carbocycles. The van der Waals surface area contributed by atoms with Crippen LogP contribution in [0, 0.1) is 0 Å². The summed E-state index contributed by atoms with van der Waals surface area (Å²) in [6, 6.07) is 14.9. The summed E-state index contributed by atoms with van der Waals surface area (Å²) in [6.07, 6.45) is 1.64. The Hall–Kier alpha value is -2.66. The quantitative estimate of drug-likeness (QED) is 0.756. The largest absolute Gasteiger partial charge is 0.491 e. The van der Waals surface area contributed by atoms with Gasteiger partial charge in [-0.15, -0.1) is 0 Å². The summed E-state index contributed by atoms with van der Waals surface area (Å²) in [5.41, 5.74) is 1.73. The Bertz CT molecular complexity index is 872. The monoisotopic (exact) mass is 324 g/mol. The van der Waals surface area contributed by atoms with Crippen molar-refractivity contribution in [2.75, 3.05) is 6.61 Å². The molecule has 1 N–H and O–H groups in total. The lowest BCUT2D eigenvalue weighted by Gasteiger charge is -2.14. The van der Waals surface area contributed by atoms with E-state index in [1.807, 2.05) is 30.3 Å². The van der Waals surface area contributed by atoms with E-state index < -0.39 is 6.10 Å². The van der Waals surface area contributed by atoms with Gasteiger partial charge < -0.3 is 9.84 Å². The first-order valence-corrected chi connectivity index (χ1v) is 8.01. The summed E-state index contributed by atoms with van der Waals surface area (Å²) in [4.78, 5) is 16.6. The van der Waals surface area contributed by atoms with Crippen molar-refractivity contribution in [3.63, 3.8) is 0 Å². The van der Waals surface area contributed by atoms with E-state index in [0.29, 0.717) is 16.7 Å². The van der Waals surface area contributed by atoms with Gasteiger partial charge >= 0.3 is 0 Å². The summed E-state index contributed by atoms with van der Waals surface area (Å²) in [5.74, 6) is 0.704. The summed E-state index contributed by atoms with van der Waals surface area (Å²) >= 11 is 0. The van der Waals surface area contributed by atoms with Crippen LogP contribution < -0.4 is 10.3 Å². The Labute approximate surface area is 140 Å². The van der Waals surface area contributed by atoms with Crippen LogP contribution in [-0.4, -0.2) is 27.4 Å². The molecule has 1 unspecified atom stereocenters. The molecular formula is C19H20N2O3. The molecule has 0 radical (unpaired) electrons. The molecule has 124 valence electrons. The smallest absolute Gasteiger partial charge is 0.261 e. The highest BCUT2D eigenvalue weighted by atomic mass is 16.5. The number of hydrogen-bond donors (Lipinski definition) is 1. The fourth-order valence-corrected chi connectivity index (χ4v) is 2.53. The maximum Gasteiger partial charge on any atom is 0.261 e. The van der Waals surface area contributed by atoms with Gasteiger partial charge in [-0.1, -0.05) is 31.2 Å². The SMILES string of the molecule is CCc1ccc(OCC(O)Cn2cnc3ccccc3c2=O)cc1. The van der Waals surface area contributed by atoms with E-state index in [9.17, 15) is 9.90 Å². The van der Waals surface area contributed by atoms with E-state index in [4.69, 9.17) is 4.74 Å². The second kappa shape index (κ2) is 7.27. The molecule has 5 nitrogen and oxygen atoms in total. The molecule has 1 atom stereocenters. The zero-order chi connectivity index (χ0) is 16.9. The van der Waals surface area contributed by atoms with Crippen molar-refractivity contribution in [2.45, 2.75) is 26.0 Å². The molecular weight excluding hydrogens is 304 g/mol. The summed E-state index contributed by atoms with van der Waals surface area (Å²) in [5, 5.41) is 10.7. The number of aliphatic hydroxyl groups is 1. The van der Waals surface area contributed by atoms with E-state index in [1.165, 1.54) is 16.5 Å². The second-order valence-corrected chi connectivity index (χ2v) is 5.68. The summed E-state index contributed by atoms with van der Waals surface area (Å²) in [7, 11) is 0. The fourth-order valence-electron chi connectivity index (χ4n) is 2.53. The van der Waals surface area contributed by atoms with Gasteiger partial charge in [0.15, 0.2) is 0 Å². The van der Waals surface area contributed by atoms with Gasteiger partial charge in [0.1, 0.15) is 18.5 Å². The molecule has 0 aliphatic heterocycles. The van der Waals surface area contributed by atoms with E-state index in [2.05, 4.69) is 11.9 Å². The molecule has 0 aliphatic carbocycles. The number of aromatic nitrogens is 2. The van der Waals surface area contributed by atoms with Crippen LogP contribution in [0.2, 0.25) is 0 Å². The Morgan fingerprint density at radius 3 is 2.67 bits per heavy atom. The van der Waals surface area contributed by atoms with Crippen molar-refractivity contribution in [3.8, 4) is 5.75 Å². The molecule has 1 aromatic heterocycles. The van der Waals surface area contributed by atoms with E-state index >= 15 is 0 Å². The first-order chi connectivity index (χ1) is 11.7. The van der Waals surface area contributed by atoms with Crippen LogP contribution in [0.5, 0.6) is 5.75 Å². The van der Waals surface area contributed by atoms with Crippen LogP contribution in [-0.2, 0) is 13.0 Å². The third-order valence-corrected chi connectivity index (χ3v) is 3.91. The van der Waals surface area contributed by atoms with Crippen molar-refractivity contribution >= 4 is 10.9 Å². The number of aryl methyl sites for hydroxylation is 1. The molecule has 2 aromatic carbocycles. The van der Waals surface area contributed by atoms with Gasteiger partial charge in [0.05, 0.1) is 23.8 Å². The number of para-hydroxylation sites is 1. The second-order valence-electron chi connectivity index (χ2n) is 5.68. The van der Waals surface area contributed by atoms with Crippen LogP contribution in [0.4, 0.5) is 0 Å². The number of rotatable bonds is 6. The van der Waals surface area contributed by atoms with Crippen LogP contribution in [0.1, 0.15) is 12.5 Å². The fraction of sp³-hybridized carbons (Fsp3) is 0.263. The first kappa shape index (κ1) is 16.2. The van der Waals surface area contributed by atoms with Crippen molar-refractivity contribution in [2.24, 2.45) is 0 Å². The molecule has 1 heterocycles. The predicted molar refractivity (Wildman–Crippen MR) is 93.3 cm³/mol. The van der Waals surface area contributed by atoms with Gasteiger partial charge in [-0.3, -0.25) is 9.36 Å². The van der Waals surface area contributed by atoms with E-state index in [0.717, 1.165) is 6.42 Å².